The number of rotatable bonds is 0. The van der Waals surface area contributed by atoms with Gasteiger partial charge in [-0.15, -0.1) is 0 Å². The molecule has 8 aromatic rings. The molecule has 10 heterocycles. The summed E-state index contributed by atoms with van der Waals surface area (Å²) in [5.74, 6) is 6.67. The fraction of sp³-hybridized carbons (Fsp3) is 0.560. The lowest BCUT2D eigenvalue weighted by Crippen LogP contribution is -2.39. The number of H-pyrrole nitrogens is 1. The monoisotopic (exact) mass is 1350 g/mol. The van der Waals surface area contributed by atoms with E-state index in [1.165, 1.54) is 51.0 Å². The Morgan fingerprint density at radius 3 is 1.20 bits per heavy atom. The van der Waals surface area contributed by atoms with Gasteiger partial charge in [-0.2, -0.15) is 0 Å². The lowest BCUT2D eigenvalue weighted by molar-refractivity contribution is 0.109. The van der Waals surface area contributed by atoms with Gasteiger partial charge in [0.1, 0.15) is 5.52 Å². The third-order valence-electron chi connectivity index (χ3n) is 10.8. The molecule has 0 unspecified atom stereocenters. The van der Waals surface area contributed by atoms with Gasteiger partial charge >= 0.3 is 0 Å². The third kappa shape index (κ3) is 60.7. The molecule has 0 amide bonds. The zero-order valence-corrected chi connectivity index (χ0v) is 66.1. The molecule has 0 bridgehead atoms. The molecule has 14 nitrogen and oxygen atoms in total. The summed E-state index contributed by atoms with van der Waals surface area (Å²) < 4.78 is 15.2. The van der Waals surface area contributed by atoms with Gasteiger partial charge in [-0.1, -0.05) is 245 Å². The maximum absolute atomic E-state index is 5.21. The van der Waals surface area contributed by atoms with Crippen LogP contribution in [-0.4, -0.2) is 83.6 Å². The minimum absolute atomic E-state index is 0.802. The number of hydrogen-bond acceptors (Lipinski definition) is 13. The lowest BCUT2D eigenvalue weighted by Gasteiger charge is -2.11. The maximum Gasteiger partial charge on any atom is 0.181 e. The van der Waals surface area contributed by atoms with Gasteiger partial charge in [0.15, 0.2) is 12.0 Å². The number of aromatic amines is 1. The number of nitrogens with one attached hydrogen (secondary N) is 6. The van der Waals surface area contributed by atoms with Crippen LogP contribution in [0.5, 0.6) is 0 Å². The third-order valence-corrected chi connectivity index (χ3v) is 10.8. The number of pyridine rings is 2. The van der Waals surface area contributed by atoms with Crippen molar-refractivity contribution in [1.29, 1.82) is 0 Å². The van der Waals surface area contributed by atoms with Gasteiger partial charge in [0.25, 0.3) is 0 Å². The summed E-state index contributed by atoms with van der Waals surface area (Å²) in [5, 5.41) is 16.1. The second-order valence-corrected chi connectivity index (χ2v) is 29.3. The SMILES string of the molecule is C1=NCc2cnccc21.C1CNCCN1.C1COCCN1.CC(C)C.CC(C)C.CC(C)C.CC(C)C.CC(C)C.CC(C)C.CC(C)C.CC(C)C.c1ccc2[nH]cnc2c1.c1ccc2c(c1)CNC2.c1ccc2c(c1)COC2.c1ccc2ocnc2c1.c1cnc2c(c1)CNC2. The Bertz CT molecular complexity index is 2590. The molecule has 550 valence electrons. The number of hydrogen-bond donors (Lipinski definition) is 6. The van der Waals surface area contributed by atoms with E-state index in [-0.39, 0.29) is 0 Å². The summed E-state index contributed by atoms with van der Waals surface area (Å²) in [6.07, 6.45) is 10.5. The molecule has 6 aliphatic heterocycles. The zero-order valence-electron chi connectivity index (χ0n) is 66.1. The minimum Gasteiger partial charge on any atom is -0.443 e. The molecule has 4 aromatic carbocycles. The van der Waals surface area contributed by atoms with Crippen LogP contribution in [-0.2, 0) is 55.4 Å². The maximum atomic E-state index is 5.21. The van der Waals surface area contributed by atoms with Crippen LogP contribution >= 0.6 is 0 Å². The molecule has 0 saturated carbocycles. The van der Waals surface area contributed by atoms with E-state index in [0.29, 0.717) is 0 Å². The minimum atomic E-state index is 0.802. The molecular weight excluding hydrogens is 1210 g/mol. The highest BCUT2D eigenvalue weighted by Gasteiger charge is 2.09. The van der Waals surface area contributed by atoms with Crippen molar-refractivity contribution in [3.63, 3.8) is 0 Å². The summed E-state index contributed by atoms with van der Waals surface area (Å²) in [5.41, 5.74) is 14.5. The highest BCUT2D eigenvalue weighted by molar-refractivity contribution is 5.83. The lowest BCUT2D eigenvalue weighted by atomic mass is 10.1. The standard InChI is InChI=1S/C8H9N.C8H8O.C7H6N2.C7H8N2.C7H6N2.C7H5NO.C4H10N2.C4H9NO.8C4H10/c2*1-2-4-8-6-9-5-7(8)3-1;1-2-8-4-7-5-9-3-6(1)7;1-2-6-4-8-5-7(6)9-3-1;2*1-2-4-7-6(3-1)8-5-9-7;1-2-6-4-3-5-1;1-3-6-4-2-5-1;8*1-4(2)3/h1-4,9H,5-6H2;1-4H,5-6H2;1-4H,5H2;1-3,8H,4-5H2;1-5H,(H,8,9);1-5H;5-6H,1-4H2;5H,1-4H2;8*4H,1-3H3. The molecule has 0 aliphatic carbocycles. The number of oxazole rings is 1. The molecule has 0 spiro atoms. The van der Waals surface area contributed by atoms with Crippen LogP contribution in [0, 0.1) is 47.3 Å². The Kier molecular flexibility index (Phi) is 59.9. The predicted molar refractivity (Wildman–Crippen MR) is 426 cm³/mol. The summed E-state index contributed by atoms with van der Waals surface area (Å²) in [7, 11) is 0. The predicted octanol–water partition coefficient (Wildman–Crippen LogP) is 20.2. The van der Waals surface area contributed by atoms with Gasteiger partial charge in [-0.05, 0) is 112 Å². The summed E-state index contributed by atoms with van der Waals surface area (Å²) >= 11 is 0. The van der Waals surface area contributed by atoms with E-state index >= 15 is 0 Å². The Morgan fingerprint density at radius 1 is 0.357 bits per heavy atom. The number of aliphatic imine (C=N–C) groups is 1. The van der Waals surface area contributed by atoms with Gasteiger partial charge in [-0.3, -0.25) is 15.0 Å². The highest BCUT2D eigenvalue weighted by atomic mass is 16.5. The van der Waals surface area contributed by atoms with Crippen LogP contribution in [0.25, 0.3) is 22.1 Å². The number of aromatic nitrogens is 5. The average Bonchev–Trinajstić information content (AvgIpc) is 1.84. The van der Waals surface area contributed by atoms with Crippen molar-refractivity contribution in [1.82, 2.24) is 51.5 Å². The van der Waals surface area contributed by atoms with Crippen molar-refractivity contribution in [2.75, 3.05) is 52.5 Å². The summed E-state index contributed by atoms with van der Waals surface area (Å²) in [4.78, 5) is 23.3. The Balaban J connectivity index is 0. The fourth-order valence-electron chi connectivity index (χ4n) is 7.19. The van der Waals surface area contributed by atoms with Crippen LogP contribution in [0.2, 0.25) is 0 Å². The summed E-state index contributed by atoms with van der Waals surface area (Å²) in [6, 6.07) is 38.5. The highest BCUT2D eigenvalue weighted by Crippen LogP contribution is 2.18. The van der Waals surface area contributed by atoms with Crippen molar-refractivity contribution in [2.24, 2.45) is 52.3 Å². The molecule has 2 fully saturated rings. The van der Waals surface area contributed by atoms with Crippen molar-refractivity contribution >= 4 is 28.3 Å². The molecule has 98 heavy (non-hydrogen) atoms. The van der Waals surface area contributed by atoms with Crippen LogP contribution in [0.4, 0.5) is 0 Å². The van der Waals surface area contributed by atoms with E-state index in [0.717, 1.165) is 168 Å². The molecule has 0 radical (unpaired) electrons. The molecule has 6 aliphatic rings. The number of para-hydroxylation sites is 4. The molecule has 14 heteroatoms. The average molecular weight is 1350 g/mol. The van der Waals surface area contributed by atoms with Crippen LogP contribution in [0.1, 0.15) is 211 Å². The number of morpholine rings is 1. The molecule has 6 N–H and O–H groups in total. The van der Waals surface area contributed by atoms with Crippen LogP contribution in [0.15, 0.2) is 156 Å². The number of benzene rings is 4. The van der Waals surface area contributed by atoms with Gasteiger partial charge in [-0.25, -0.2) is 9.97 Å². The van der Waals surface area contributed by atoms with Gasteiger partial charge in [0, 0.05) is 101 Å². The Hall–Kier alpha value is -6.49. The first-order chi connectivity index (χ1) is 46.7. The first kappa shape index (κ1) is 93.6. The van der Waals surface area contributed by atoms with Crippen molar-refractivity contribution in [3.05, 3.63) is 191 Å². The second kappa shape index (κ2) is 62.7. The number of nitrogens with zero attached hydrogens (tertiary/aromatic N) is 5. The molecule has 0 atom stereocenters. The Morgan fingerprint density at radius 2 is 0.776 bits per heavy atom. The van der Waals surface area contributed by atoms with Crippen molar-refractivity contribution in [2.45, 2.75) is 212 Å². The smallest absolute Gasteiger partial charge is 0.181 e. The molecule has 4 aromatic heterocycles. The number of ether oxygens (including phenoxy) is 2. The first-order valence-corrected chi connectivity index (χ1v) is 36.5. The first-order valence-electron chi connectivity index (χ1n) is 36.5. The van der Waals surface area contributed by atoms with Gasteiger partial charge in [0.2, 0.25) is 0 Å². The van der Waals surface area contributed by atoms with E-state index in [1.807, 2.05) is 91.4 Å². The fourth-order valence-corrected chi connectivity index (χ4v) is 7.19. The van der Waals surface area contributed by atoms with Gasteiger partial charge in [0.05, 0.1) is 56.0 Å². The number of imidazole rings is 1. The summed E-state index contributed by atoms with van der Waals surface area (Å²) in [6.45, 7) is 66.8. The second-order valence-electron chi connectivity index (χ2n) is 29.3. The van der Waals surface area contributed by atoms with Crippen molar-refractivity contribution in [3.8, 4) is 0 Å². The molecule has 2 saturated heterocycles. The van der Waals surface area contributed by atoms with Crippen LogP contribution in [0.3, 0.4) is 0 Å². The normalized spacial score (nSPS) is 13.3. The van der Waals surface area contributed by atoms with E-state index in [9.17, 15) is 0 Å². The van der Waals surface area contributed by atoms with E-state index in [2.05, 4.69) is 265 Å². The largest absolute Gasteiger partial charge is 0.443 e. The van der Waals surface area contributed by atoms with Crippen LogP contribution < -0.4 is 26.6 Å². The molecular formula is C84H141N11O3. The number of piperazine rings is 1. The van der Waals surface area contributed by atoms with E-state index < -0.39 is 0 Å². The Labute approximate surface area is 598 Å². The molecule has 14 rings (SSSR count). The van der Waals surface area contributed by atoms with Gasteiger partial charge < -0.3 is 45.5 Å². The number of fused-ring (bicyclic) bond motifs is 6. The van der Waals surface area contributed by atoms with E-state index in [4.69, 9.17) is 13.9 Å². The topological polar surface area (TPSA) is 171 Å². The van der Waals surface area contributed by atoms with E-state index in [1.54, 1.807) is 12.5 Å². The zero-order chi connectivity index (χ0) is 73.7. The van der Waals surface area contributed by atoms with Crippen molar-refractivity contribution < 1.29 is 13.9 Å². The quantitative estimate of drug-likeness (QED) is 0.0850.